The fourth-order valence-electron chi connectivity index (χ4n) is 1.12. The molecule has 0 saturated heterocycles. The monoisotopic (exact) mass is 198 g/mol. The van der Waals surface area contributed by atoms with Gasteiger partial charge in [-0.1, -0.05) is 6.07 Å². The van der Waals surface area contributed by atoms with Crippen molar-refractivity contribution in [2.24, 2.45) is 5.84 Å². The van der Waals surface area contributed by atoms with Gasteiger partial charge in [0, 0.05) is 17.5 Å². The number of hydrogen-bond donors (Lipinski definition) is 3. The molecule has 0 bridgehead atoms. The van der Waals surface area contributed by atoms with Crippen LogP contribution >= 0.6 is 11.8 Å². The van der Waals surface area contributed by atoms with Crippen LogP contribution in [0.15, 0.2) is 18.3 Å². The Morgan fingerprint density at radius 2 is 2.46 bits per heavy atom. The second-order valence-corrected chi connectivity index (χ2v) is 3.56. The lowest BCUT2D eigenvalue weighted by atomic mass is 10.1. The molecule has 0 aliphatic heterocycles. The van der Waals surface area contributed by atoms with Crippen LogP contribution in [0.1, 0.15) is 11.6 Å². The fraction of sp³-hybridized carbons (Fsp3) is 0.375. The highest BCUT2D eigenvalue weighted by Gasteiger charge is 2.11. The van der Waals surface area contributed by atoms with Gasteiger partial charge in [-0.05, 0) is 12.3 Å². The van der Waals surface area contributed by atoms with Crippen LogP contribution in [0.4, 0.5) is 5.82 Å². The molecule has 13 heavy (non-hydrogen) atoms. The van der Waals surface area contributed by atoms with Crippen LogP contribution in [-0.2, 0) is 0 Å². The number of nitrogen functional groups attached to an aromatic ring is 1. The average molecular weight is 198 g/mol. The maximum absolute atomic E-state index is 5.71. The highest BCUT2D eigenvalue weighted by Crippen LogP contribution is 2.19. The molecular formula is C8H14N4S. The molecule has 1 unspecified atom stereocenters. The third kappa shape index (κ3) is 2.58. The van der Waals surface area contributed by atoms with E-state index in [0.717, 1.165) is 11.3 Å². The molecule has 5 N–H and O–H groups in total. The maximum atomic E-state index is 5.71. The Balaban J connectivity index is 2.84. The predicted molar refractivity (Wildman–Crippen MR) is 57.1 cm³/mol. The quantitative estimate of drug-likeness (QED) is 0.486. The zero-order valence-electron chi connectivity index (χ0n) is 7.53. The molecular weight excluding hydrogens is 184 g/mol. The summed E-state index contributed by atoms with van der Waals surface area (Å²) >= 11 is 1.71. The number of aromatic nitrogens is 1. The number of thioether (sulfide) groups is 1. The first kappa shape index (κ1) is 10.3. The molecule has 4 nitrogen and oxygen atoms in total. The lowest BCUT2D eigenvalue weighted by molar-refractivity contribution is 0.611. The van der Waals surface area contributed by atoms with Gasteiger partial charge >= 0.3 is 0 Å². The van der Waals surface area contributed by atoms with Crippen LogP contribution in [0.25, 0.3) is 0 Å². The zero-order valence-corrected chi connectivity index (χ0v) is 8.34. The van der Waals surface area contributed by atoms with Crippen LogP contribution in [0.2, 0.25) is 0 Å². The number of pyridine rings is 1. The number of nitrogens with one attached hydrogen (secondary N) is 1. The predicted octanol–water partition coefficient (Wildman–Crippen LogP) is 0.531. The Kier molecular flexibility index (Phi) is 4.01. The normalized spacial score (nSPS) is 12.8. The summed E-state index contributed by atoms with van der Waals surface area (Å²) in [5, 5.41) is 0. The number of nitrogens with two attached hydrogens (primary N) is 2. The second kappa shape index (κ2) is 5.06. The first-order valence-corrected chi connectivity index (χ1v) is 5.34. The Morgan fingerprint density at radius 1 is 1.69 bits per heavy atom. The minimum atomic E-state index is 0.0729. The van der Waals surface area contributed by atoms with Crippen LogP contribution in [0.3, 0.4) is 0 Å². The van der Waals surface area contributed by atoms with Crippen LogP contribution in [-0.4, -0.2) is 17.0 Å². The van der Waals surface area contributed by atoms with Gasteiger partial charge in [-0.2, -0.15) is 11.8 Å². The molecule has 5 heteroatoms. The summed E-state index contributed by atoms with van der Waals surface area (Å²) in [6, 6.07) is 3.86. The highest BCUT2D eigenvalue weighted by molar-refractivity contribution is 7.98. The van der Waals surface area contributed by atoms with Crippen molar-refractivity contribution in [3.05, 3.63) is 23.9 Å². The van der Waals surface area contributed by atoms with E-state index in [2.05, 4.69) is 10.4 Å². The van der Waals surface area contributed by atoms with Gasteiger partial charge in [0.05, 0.1) is 6.04 Å². The minimum absolute atomic E-state index is 0.0729. The Hall–Kier alpha value is -0.780. The third-order valence-electron chi connectivity index (χ3n) is 1.78. The van der Waals surface area contributed by atoms with Gasteiger partial charge in [0.2, 0.25) is 0 Å². The van der Waals surface area contributed by atoms with E-state index in [-0.39, 0.29) is 6.04 Å². The standard InChI is InChI=1S/C8H14N4S/c1-13-5-7(12-10)6-3-2-4-11-8(6)9/h2-4,7,12H,5,10H2,1H3,(H2,9,11). The first-order chi connectivity index (χ1) is 6.29. The smallest absolute Gasteiger partial charge is 0.128 e. The number of hydrogen-bond acceptors (Lipinski definition) is 5. The summed E-state index contributed by atoms with van der Waals surface area (Å²) in [6.07, 6.45) is 3.70. The maximum Gasteiger partial charge on any atom is 0.128 e. The summed E-state index contributed by atoms with van der Waals surface area (Å²) in [4.78, 5) is 4.00. The van der Waals surface area contributed by atoms with E-state index in [1.165, 1.54) is 0 Å². The van der Waals surface area contributed by atoms with Gasteiger partial charge in [-0.15, -0.1) is 0 Å². The van der Waals surface area contributed by atoms with E-state index in [9.17, 15) is 0 Å². The van der Waals surface area contributed by atoms with E-state index in [1.807, 2.05) is 18.4 Å². The van der Waals surface area contributed by atoms with E-state index < -0.39 is 0 Å². The van der Waals surface area contributed by atoms with Crippen molar-refractivity contribution in [2.75, 3.05) is 17.7 Å². The van der Waals surface area contributed by atoms with Gasteiger partial charge < -0.3 is 5.73 Å². The van der Waals surface area contributed by atoms with Gasteiger partial charge in [0.25, 0.3) is 0 Å². The van der Waals surface area contributed by atoms with Crippen molar-refractivity contribution in [1.29, 1.82) is 0 Å². The van der Waals surface area contributed by atoms with E-state index in [1.54, 1.807) is 18.0 Å². The lowest BCUT2D eigenvalue weighted by Crippen LogP contribution is -2.30. The molecule has 0 aliphatic rings. The topological polar surface area (TPSA) is 77.0 Å². The third-order valence-corrected chi connectivity index (χ3v) is 2.45. The van der Waals surface area contributed by atoms with Crippen LogP contribution < -0.4 is 17.0 Å². The second-order valence-electron chi connectivity index (χ2n) is 2.65. The van der Waals surface area contributed by atoms with Crippen LogP contribution in [0.5, 0.6) is 0 Å². The van der Waals surface area contributed by atoms with Gasteiger partial charge in [-0.3, -0.25) is 11.3 Å². The highest BCUT2D eigenvalue weighted by atomic mass is 32.2. The average Bonchev–Trinajstić information content (AvgIpc) is 2.16. The molecule has 1 aromatic rings. The van der Waals surface area contributed by atoms with Gasteiger partial charge in [0.1, 0.15) is 5.82 Å². The fourth-order valence-corrected chi connectivity index (χ4v) is 1.73. The summed E-state index contributed by atoms with van der Waals surface area (Å²) in [5.41, 5.74) is 9.39. The SMILES string of the molecule is CSCC(NN)c1cccnc1N. The molecule has 0 amide bonds. The van der Waals surface area contributed by atoms with Crippen molar-refractivity contribution in [3.8, 4) is 0 Å². The first-order valence-electron chi connectivity index (χ1n) is 3.95. The van der Waals surface area contributed by atoms with Crippen molar-refractivity contribution in [3.63, 3.8) is 0 Å². The molecule has 0 radical (unpaired) electrons. The summed E-state index contributed by atoms with van der Waals surface area (Å²) in [5.74, 6) is 6.84. The number of nitrogens with zero attached hydrogens (tertiary/aromatic N) is 1. The Morgan fingerprint density at radius 3 is 3.00 bits per heavy atom. The van der Waals surface area contributed by atoms with Gasteiger partial charge in [-0.25, -0.2) is 4.98 Å². The number of hydrazine groups is 1. The molecule has 1 atom stereocenters. The summed E-state index contributed by atoms with van der Waals surface area (Å²) < 4.78 is 0. The van der Waals surface area contributed by atoms with Gasteiger partial charge in [0.15, 0.2) is 0 Å². The van der Waals surface area contributed by atoms with E-state index in [0.29, 0.717) is 5.82 Å². The zero-order chi connectivity index (χ0) is 9.68. The van der Waals surface area contributed by atoms with Crippen molar-refractivity contribution in [2.45, 2.75) is 6.04 Å². The van der Waals surface area contributed by atoms with Crippen molar-refractivity contribution >= 4 is 17.6 Å². The summed E-state index contributed by atoms with van der Waals surface area (Å²) in [6.45, 7) is 0. The molecule has 0 saturated carbocycles. The van der Waals surface area contributed by atoms with Crippen LogP contribution in [0, 0.1) is 0 Å². The molecule has 0 spiro atoms. The molecule has 0 aromatic carbocycles. The van der Waals surface area contributed by atoms with Crippen molar-refractivity contribution in [1.82, 2.24) is 10.4 Å². The molecule has 0 aliphatic carbocycles. The molecule has 1 rings (SSSR count). The molecule has 0 fully saturated rings. The minimum Gasteiger partial charge on any atom is -0.383 e. The molecule has 72 valence electrons. The van der Waals surface area contributed by atoms with E-state index >= 15 is 0 Å². The van der Waals surface area contributed by atoms with E-state index in [4.69, 9.17) is 11.6 Å². The molecule has 1 heterocycles. The number of rotatable bonds is 4. The largest absolute Gasteiger partial charge is 0.383 e. The Bertz CT molecular complexity index is 266. The van der Waals surface area contributed by atoms with Crippen molar-refractivity contribution < 1.29 is 0 Å². The summed E-state index contributed by atoms with van der Waals surface area (Å²) in [7, 11) is 0. The Labute approximate surface area is 82.1 Å². The molecule has 1 aromatic heterocycles. The number of anilines is 1. The lowest BCUT2D eigenvalue weighted by Gasteiger charge is -2.15.